The Morgan fingerprint density at radius 1 is 0.939 bits per heavy atom. The van der Waals surface area contributed by atoms with Gasteiger partial charge in [-0.3, -0.25) is 30.6 Å². The van der Waals surface area contributed by atoms with Crippen LogP contribution in [0.3, 0.4) is 0 Å². The number of amides is 3. The summed E-state index contributed by atoms with van der Waals surface area (Å²) in [5.41, 5.74) is 7.38. The fourth-order valence-electron chi connectivity index (χ4n) is 2.94. The second-order valence-corrected chi connectivity index (χ2v) is 10.3. The molecule has 0 unspecified atom stereocenters. The summed E-state index contributed by atoms with van der Waals surface area (Å²) >= 11 is 8.61. The van der Waals surface area contributed by atoms with Crippen LogP contribution >= 0.6 is 28.1 Å². The Kier molecular flexibility index (Phi) is 9.13. The van der Waals surface area contributed by atoms with E-state index in [0.717, 1.165) is 10.0 Å². The smallest absolute Gasteiger partial charge is 0.269 e. The monoisotopic (exact) mass is 532 g/mol. The van der Waals surface area contributed by atoms with Crippen molar-refractivity contribution in [2.24, 2.45) is 5.92 Å². The molecule has 0 fully saturated rings. The number of hydrogen-bond donors (Lipinski definition) is 4. The van der Waals surface area contributed by atoms with Crippen LogP contribution < -0.4 is 21.5 Å². The first-order valence-corrected chi connectivity index (χ1v) is 11.7. The van der Waals surface area contributed by atoms with E-state index in [0.29, 0.717) is 23.2 Å². The van der Waals surface area contributed by atoms with Crippen molar-refractivity contribution in [2.75, 3.05) is 5.32 Å². The zero-order valence-corrected chi connectivity index (χ0v) is 21.7. The van der Waals surface area contributed by atoms with Gasteiger partial charge in [-0.2, -0.15) is 0 Å². The van der Waals surface area contributed by atoms with Crippen molar-refractivity contribution in [3.05, 3.63) is 63.6 Å². The fourth-order valence-corrected chi connectivity index (χ4v) is 4.06. The SMILES string of the molecule is CC(C)CC(=O)Nc1ccc(C(=O)NNC(=S)NC(=O)c2ccc(C(C)(C)C)c(Br)c2)cc1. The highest BCUT2D eigenvalue weighted by Gasteiger charge is 2.19. The Labute approximate surface area is 208 Å². The van der Waals surface area contributed by atoms with Crippen molar-refractivity contribution in [1.82, 2.24) is 16.2 Å². The van der Waals surface area contributed by atoms with Crippen LogP contribution in [0.5, 0.6) is 0 Å². The van der Waals surface area contributed by atoms with Gasteiger partial charge in [-0.25, -0.2) is 0 Å². The summed E-state index contributed by atoms with van der Waals surface area (Å²) in [5, 5.41) is 5.28. The van der Waals surface area contributed by atoms with Crippen LogP contribution in [0.25, 0.3) is 0 Å². The molecule has 3 amide bonds. The van der Waals surface area contributed by atoms with E-state index in [9.17, 15) is 14.4 Å². The van der Waals surface area contributed by atoms with Crippen LogP contribution in [0, 0.1) is 5.92 Å². The molecule has 0 heterocycles. The third kappa shape index (κ3) is 8.25. The summed E-state index contributed by atoms with van der Waals surface area (Å²) in [6.45, 7) is 10.2. The molecular weight excluding hydrogens is 504 g/mol. The van der Waals surface area contributed by atoms with Crippen LogP contribution in [-0.4, -0.2) is 22.8 Å². The molecule has 0 saturated carbocycles. The molecule has 0 radical (unpaired) electrons. The van der Waals surface area contributed by atoms with E-state index >= 15 is 0 Å². The molecule has 0 aliphatic carbocycles. The lowest BCUT2D eigenvalue weighted by Crippen LogP contribution is -2.48. The summed E-state index contributed by atoms with van der Waals surface area (Å²) in [7, 11) is 0. The number of rotatable bonds is 5. The minimum absolute atomic E-state index is 0.0399. The van der Waals surface area contributed by atoms with Gasteiger partial charge in [0.2, 0.25) is 5.91 Å². The molecule has 33 heavy (non-hydrogen) atoms. The van der Waals surface area contributed by atoms with Crippen LogP contribution in [0.15, 0.2) is 46.9 Å². The normalized spacial score (nSPS) is 11.0. The zero-order valence-electron chi connectivity index (χ0n) is 19.3. The molecule has 0 spiro atoms. The average molecular weight is 533 g/mol. The first-order chi connectivity index (χ1) is 15.4. The van der Waals surface area contributed by atoms with Gasteiger partial charge in [0.1, 0.15) is 0 Å². The Morgan fingerprint density at radius 3 is 2.09 bits per heavy atom. The second kappa shape index (κ2) is 11.4. The number of thiocarbonyl (C=S) groups is 1. The predicted molar refractivity (Wildman–Crippen MR) is 138 cm³/mol. The van der Waals surface area contributed by atoms with Gasteiger partial charge in [0, 0.05) is 27.7 Å². The van der Waals surface area contributed by atoms with E-state index in [1.165, 1.54) is 0 Å². The average Bonchev–Trinajstić information content (AvgIpc) is 2.70. The van der Waals surface area contributed by atoms with E-state index in [4.69, 9.17) is 12.2 Å². The maximum atomic E-state index is 12.5. The predicted octanol–water partition coefficient (Wildman–Crippen LogP) is 4.68. The molecule has 176 valence electrons. The molecule has 0 atom stereocenters. The van der Waals surface area contributed by atoms with E-state index < -0.39 is 11.8 Å². The number of halogens is 1. The highest BCUT2D eigenvalue weighted by atomic mass is 79.9. The lowest BCUT2D eigenvalue weighted by molar-refractivity contribution is -0.116. The first kappa shape index (κ1) is 26.5. The zero-order chi connectivity index (χ0) is 24.8. The molecule has 9 heteroatoms. The molecule has 0 bridgehead atoms. The van der Waals surface area contributed by atoms with Crippen LogP contribution in [0.2, 0.25) is 0 Å². The van der Waals surface area contributed by atoms with E-state index in [1.54, 1.807) is 36.4 Å². The number of benzene rings is 2. The number of anilines is 1. The third-order valence-corrected chi connectivity index (χ3v) is 5.44. The fraction of sp³-hybridized carbons (Fsp3) is 0.333. The van der Waals surface area contributed by atoms with Crippen molar-refractivity contribution >= 4 is 56.7 Å². The highest BCUT2D eigenvalue weighted by Crippen LogP contribution is 2.30. The van der Waals surface area contributed by atoms with Gasteiger partial charge in [-0.05, 0) is 65.5 Å². The maximum absolute atomic E-state index is 12.5. The molecule has 4 N–H and O–H groups in total. The number of nitrogens with one attached hydrogen (secondary N) is 4. The Balaban J connectivity index is 1.87. The number of carbonyl (C=O) groups is 3. The van der Waals surface area contributed by atoms with Crippen LogP contribution in [0.4, 0.5) is 5.69 Å². The van der Waals surface area contributed by atoms with Gasteiger partial charge >= 0.3 is 0 Å². The van der Waals surface area contributed by atoms with Gasteiger partial charge in [0.15, 0.2) is 5.11 Å². The summed E-state index contributed by atoms with van der Waals surface area (Å²) in [5.74, 6) is -0.659. The number of hydrazine groups is 1. The summed E-state index contributed by atoms with van der Waals surface area (Å²) in [6.07, 6.45) is 0.424. The first-order valence-electron chi connectivity index (χ1n) is 10.5. The molecule has 0 aliphatic heterocycles. The van der Waals surface area contributed by atoms with Gasteiger partial charge in [0.25, 0.3) is 11.8 Å². The maximum Gasteiger partial charge on any atom is 0.269 e. The number of hydrogen-bond acceptors (Lipinski definition) is 4. The van der Waals surface area contributed by atoms with Crippen molar-refractivity contribution in [3.8, 4) is 0 Å². The minimum atomic E-state index is -0.441. The Morgan fingerprint density at radius 2 is 1.55 bits per heavy atom. The molecule has 2 aromatic rings. The molecule has 0 saturated heterocycles. The molecular formula is C24H29BrN4O3S. The summed E-state index contributed by atoms with van der Waals surface area (Å²) in [4.78, 5) is 36.6. The Hall–Kier alpha value is -2.78. The molecule has 2 rings (SSSR count). The topological polar surface area (TPSA) is 99.3 Å². The minimum Gasteiger partial charge on any atom is -0.326 e. The summed E-state index contributed by atoms with van der Waals surface area (Å²) < 4.78 is 0.832. The standard InChI is InChI=1S/C24H29BrN4O3S/c1-14(2)12-20(30)26-17-9-6-15(7-10-17)22(32)28-29-23(33)27-21(31)16-8-11-18(19(25)13-16)24(3,4)5/h6-11,13-14H,12H2,1-5H3,(H,26,30)(H,28,32)(H2,27,29,31,33). The van der Waals surface area contributed by atoms with E-state index in [-0.39, 0.29) is 22.4 Å². The van der Waals surface area contributed by atoms with Crippen molar-refractivity contribution in [1.29, 1.82) is 0 Å². The van der Waals surface area contributed by atoms with Crippen LogP contribution in [-0.2, 0) is 10.2 Å². The highest BCUT2D eigenvalue weighted by molar-refractivity contribution is 9.10. The van der Waals surface area contributed by atoms with Crippen molar-refractivity contribution in [3.63, 3.8) is 0 Å². The summed E-state index contributed by atoms with van der Waals surface area (Å²) in [6, 6.07) is 11.8. The largest absolute Gasteiger partial charge is 0.326 e. The van der Waals surface area contributed by atoms with Gasteiger partial charge in [0.05, 0.1) is 0 Å². The molecule has 7 nitrogen and oxygen atoms in total. The number of carbonyl (C=O) groups excluding carboxylic acids is 3. The lowest BCUT2D eigenvalue weighted by atomic mass is 9.86. The Bertz CT molecular complexity index is 1050. The van der Waals surface area contributed by atoms with Gasteiger partial charge < -0.3 is 5.32 Å². The second-order valence-electron chi connectivity index (χ2n) is 9.03. The van der Waals surface area contributed by atoms with E-state index in [2.05, 4.69) is 58.2 Å². The van der Waals surface area contributed by atoms with Crippen molar-refractivity contribution in [2.45, 2.75) is 46.5 Å². The van der Waals surface area contributed by atoms with Gasteiger partial charge in [-0.15, -0.1) is 0 Å². The van der Waals surface area contributed by atoms with Crippen molar-refractivity contribution < 1.29 is 14.4 Å². The lowest BCUT2D eigenvalue weighted by Gasteiger charge is -2.21. The van der Waals surface area contributed by atoms with E-state index in [1.807, 2.05) is 19.9 Å². The molecule has 2 aromatic carbocycles. The van der Waals surface area contributed by atoms with Crippen LogP contribution in [0.1, 0.15) is 67.3 Å². The molecule has 0 aromatic heterocycles. The molecule has 0 aliphatic rings. The third-order valence-electron chi connectivity index (χ3n) is 4.58. The van der Waals surface area contributed by atoms with Gasteiger partial charge in [-0.1, -0.05) is 56.6 Å². The quantitative estimate of drug-likeness (QED) is 0.331.